The lowest BCUT2D eigenvalue weighted by molar-refractivity contribution is -0.156. The zero-order valence-electron chi connectivity index (χ0n) is 12.6. The minimum atomic E-state index is -0.581. The Bertz CT molecular complexity index is 267. The molecular weight excluding hydrogens is 230 g/mol. The van der Waals surface area contributed by atoms with E-state index < -0.39 is 11.0 Å². The molecule has 18 heavy (non-hydrogen) atoms. The van der Waals surface area contributed by atoms with Crippen LogP contribution in [0.15, 0.2) is 0 Å². The maximum absolute atomic E-state index is 12.0. The molecule has 0 fully saturated rings. The lowest BCUT2D eigenvalue weighted by Crippen LogP contribution is -2.41. The molecule has 3 N–H and O–H groups in total. The molecule has 0 bridgehead atoms. The molecule has 4 nitrogen and oxygen atoms in total. The van der Waals surface area contributed by atoms with Gasteiger partial charge in [-0.05, 0) is 53.4 Å². The molecule has 0 radical (unpaired) electrons. The number of aliphatic hydroxyl groups excluding tert-OH is 1. The first kappa shape index (κ1) is 17.4. The molecule has 2 unspecified atom stereocenters. The Kier molecular flexibility index (Phi) is 6.30. The summed E-state index contributed by atoms with van der Waals surface area (Å²) < 4.78 is 5.31. The molecule has 0 saturated carbocycles. The lowest BCUT2D eigenvalue weighted by Gasteiger charge is -2.30. The highest BCUT2D eigenvalue weighted by atomic mass is 16.5. The van der Waals surface area contributed by atoms with Crippen molar-refractivity contribution < 1.29 is 14.6 Å². The highest BCUT2D eigenvalue weighted by Gasteiger charge is 2.34. The Balaban J connectivity index is 4.23. The molecule has 2 atom stereocenters. The van der Waals surface area contributed by atoms with Crippen LogP contribution in [0, 0.1) is 11.3 Å². The van der Waals surface area contributed by atoms with Gasteiger partial charge in [0.25, 0.3) is 0 Å². The quantitative estimate of drug-likeness (QED) is 0.687. The molecule has 0 saturated heterocycles. The van der Waals surface area contributed by atoms with Crippen LogP contribution in [-0.4, -0.2) is 29.3 Å². The molecule has 0 aliphatic heterocycles. The van der Waals surface area contributed by atoms with Crippen molar-refractivity contribution in [2.24, 2.45) is 17.1 Å². The highest BCUT2D eigenvalue weighted by molar-refractivity contribution is 5.76. The fraction of sp³-hybridized carbons (Fsp3) is 0.929. The van der Waals surface area contributed by atoms with Crippen LogP contribution in [0.3, 0.4) is 0 Å². The van der Waals surface area contributed by atoms with E-state index in [9.17, 15) is 9.90 Å². The Morgan fingerprint density at radius 2 is 1.78 bits per heavy atom. The van der Waals surface area contributed by atoms with E-state index in [2.05, 4.69) is 0 Å². The van der Waals surface area contributed by atoms with E-state index in [0.29, 0.717) is 19.4 Å². The third kappa shape index (κ3) is 7.67. The molecule has 0 spiro atoms. The number of carbonyl (C=O) groups excluding carboxylic acids is 1. The second-order valence-corrected chi connectivity index (χ2v) is 6.84. The van der Waals surface area contributed by atoms with Crippen molar-refractivity contribution in [1.82, 2.24) is 0 Å². The van der Waals surface area contributed by atoms with E-state index in [1.807, 2.05) is 34.6 Å². The second kappa shape index (κ2) is 6.53. The topological polar surface area (TPSA) is 72.5 Å². The number of ether oxygens (including phenoxy) is 1. The third-order valence-electron chi connectivity index (χ3n) is 2.69. The van der Waals surface area contributed by atoms with E-state index in [0.717, 1.165) is 0 Å². The van der Waals surface area contributed by atoms with Crippen LogP contribution in [0.5, 0.6) is 0 Å². The van der Waals surface area contributed by atoms with Crippen molar-refractivity contribution >= 4 is 5.97 Å². The Labute approximate surface area is 111 Å². The number of aliphatic hydroxyl groups is 1. The zero-order chi connectivity index (χ0) is 14.6. The third-order valence-corrected chi connectivity index (χ3v) is 2.69. The van der Waals surface area contributed by atoms with Crippen LogP contribution >= 0.6 is 0 Å². The van der Waals surface area contributed by atoms with Gasteiger partial charge in [0.2, 0.25) is 0 Å². The molecule has 0 aliphatic rings. The SMILES string of the molecule is CC(O)CC(C)COC(=O)C(C)(C)CC(C)(C)N. The summed E-state index contributed by atoms with van der Waals surface area (Å²) in [6.07, 6.45) is 0.842. The first-order chi connectivity index (χ1) is 7.94. The molecule has 0 aliphatic carbocycles. The molecule has 4 heteroatoms. The summed E-state index contributed by atoms with van der Waals surface area (Å²) in [5.41, 5.74) is 4.96. The van der Waals surface area contributed by atoms with Crippen molar-refractivity contribution in [2.45, 2.75) is 66.0 Å². The summed E-state index contributed by atoms with van der Waals surface area (Å²) in [6, 6.07) is 0. The van der Waals surface area contributed by atoms with Gasteiger partial charge < -0.3 is 15.6 Å². The van der Waals surface area contributed by atoms with E-state index in [4.69, 9.17) is 10.5 Å². The standard InChI is InChI=1S/C14H29NO3/c1-10(7-11(2)16)8-18-12(17)13(3,4)9-14(5,6)15/h10-11,16H,7-9,15H2,1-6H3. The normalized spacial score (nSPS) is 16.2. The van der Waals surface area contributed by atoms with Crippen molar-refractivity contribution in [1.29, 1.82) is 0 Å². The van der Waals surface area contributed by atoms with E-state index in [1.54, 1.807) is 6.92 Å². The molecule has 0 heterocycles. The maximum Gasteiger partial charge on any atom is 0.311 e. The molecular formula is C14H29NO3. The second-order valence-electron chi connectivity index (χ2n) is 6.84. The molecule has 0 aromatic rings. The minimum Gasteiger partial charge on any atom is -0.465 e. The summed E-state index contributed by atoms with van der Waals surface area (Å²) in [6.45, 7) is 11.5. The van der Waals surface area contributed by atoms with Gasteiger partial charge in [0, 0.05) is 5.54 Å². The van der Waals surface area contributed by atoms with E-state index >= 15 is 0 Å². The van der Waals surface area contributed by atoms with Gasteiger partial charge in [-0.1, -0.05) is 6.92 Å². The van der Waals surface area contributed by atoms with Crippen molar-refractivity contribution in [3.05, 3.63) is 0 Å². The van der Waals surface area contributed by atoms with Gasteiger partial charge in [-0.25, -0.2) is 0 Å². The van der Waals surface area contributed by atoms with Gasteiger partial charge in [0.15, 0.2) is 0 Å². The average molecular weight is 259 g/mol. The summed E-state index contributed by atoms with van der Waals surface area (Å²) in [7, 11) is 0. The number of carbonyl (C=O) groups is 1. The van der Waals surface area contributed by atoms with Gasteiger partial charge >= 0.3 is 5.97 Å². The van der Waals surface area contributed by atoms with E-state index in [1.165, 1.54) is 0 Å². The number of nitrogens with two attached hydrogens (primary N) is 1. The zero-order valence-corrected chi connectivity index (χ0v) is 12.6. The largest absolute Gasteiger partial charge is 0.465 e. The summed E-state index contributed by atoms with van der Waals surface area (Å²) in [5, 5.41) is 9.24. The van der Waals surface area contributed by atoms with Crippen LogP contribution in [0.25, 0.3) is 0 Å². The summed E-state index contributed by atoms with van der Waals surface area (Å²) in [4.78, 5) is 12.0. The van der Waals surface area contributed by atoms with Crippen molar-refractivity contribution in [3.8, 4) is 0 Å². The number of hydrogen-bond donors (Lipinski definition) is 2. The predicted molar refractivity (Wildman–Crippen MR) is 73.1 cm³/mol. The molecule has 0 aromatic heterocycles. The first-order valence-corrected chi connectivity index (χ1v) is 6.58. The van der Waals surface area contributed by atoms with Crippen molar-refractivity contribution in [2.75, 3.05) is 6.61 Å². The molecule has 108 valence electrons. The first-order valence-electron chi connectivity index (χ1n) is 6.58. The van der Waals surface area contributed by atoms with Crippen LogP contribution < -0.4 is 5.73 Å². The summed E-state index contributed by atoms with van der Waals surface area (Å²) in [5.74, 6) is -0.0610. The summed E-state index contributed by atoms with van der Waals surface area (Å²) >= 11 is 0. The molecule has 0 aromatic carbocycles. The van der Waals surface area contributed by atoms with Crippen LogP contribution in [0.4, 0.5) is 0 Å². The molecule has 0 rings (SSSR count). The molecule has 0 amide bonds. The number of esters is 1. The minimum absolute atomic E-state index is 0.163. The Morgan fingerprint density at radius 3 is 2.17 bits per heavy atom. The monoisotopic (exact) mass is 259 g/mol. The van der Waals surface area contributed by atoms with Gasteiger partial charge in [-0.3, -0.25) is 4.79 Å². The maximum atomic E-state index is 12.0. The van der Waals surface area contributed by atoms with Gasteiger partial charge in [0.05, 0.1) is 18.1 Å². The fourth-order valence-electron chi connectivity index (χ4n) is 2.27. The van der Waals surface area contributed by atoms with Crippen molar-refractivity contribution in [3.63, 3.8) is 0 Å². The van der Waals surface area contributed by atoms with E-state index in [-0.39, 0.29) is 18.0 Å². The smallest absolute Gasteiger partial charge is 0.311 e. The van der Waals surface area contributed by atoms with Gasteiger partial charge in [0.1, 0.15) is 0 Å². The fourth-order valence-corrected chi connectivity index (χ4v) is 2.27. The Hall–Kier alpha value is -0.610. The number of rotatable bonds is 7. The van der Waals surface area contributed by atoms with Crippen LogP contribution in [0.2, 0.25) is 0 Å². The van der Waals surface area contributed by atoms with Gasteiger partial charge in [-0.2, -0.15) is 0 Å². The average Bonchev–Trinajstić information content (AvgIpc) is 2.08. The van der Waals surface area contributed by atoms with Crippen LogP contribution in [-0.2, 0) is 9.53 Å². The van der Waals surface area contributed by atoms with Gasteiger partial charge in [-0.15, -0.1) is 0 Å². The lowest BCUT2D eigenvalue weighted by atomic mass is 9.80. The highest BCUT2D eigenvalue weighted by Crippen LogP contribution is 2.28. The predicted octanol–water partition coefficient (Wildman–Crippen LogP) is 2.09. The number of hydrogen-bond acceptors (Lipinski definition) is 4. The van der Waals surface area contributed by atoms with Crippen LogP contribution in [0.1, 0.15) is 54.4 Å². The Morgan fingerprint density at radius 1 is 1.28 bits per heavy atom.